The topological polar surface area (TPSA) is 56.8 Å². The summed E-state index contributed by atoms with van der Waals surface area (Å²) in [7, 11) is 2.95. The predicted molar refractivity (Wildman–Crippen MR) is 86.1 cm³/mol. The lowest BCUT2D eigenvalue weighted by atomic mass is 10.2. The third-order valence-corrected chi connectivity index (χ3v) is 3.33. The predicted octanol–water partition coefficient (Wildman–Crippen LogP) is 2.79. The highest BCUT2D eigenvalue weighted by molar-refractivity contribution is 6.32. The van der Waals surface area contributed by atoms with E-state index in [-0.39, 0.29) is 5.97 Å². The van der Waals surface area contributed by atoms with Crippen molar-refractivity contribution in [3.63, 3.8) is 0 Å². The zero-order valence-electron chi connectivity index (χ0n) is 13.1. The fraction of sp³-hybridized carbons (Fsp3) is 0.438. The van der Waals surface area contributed by atoms with Crippen LogP contribution in [0.15, 0.2) is 36.1 Å². The molecule has 0 heterocycles. The third-order valence-electron chi connectivity index (χ3n) is 3.02. The SMILES string of the molecule is CC=C(CN[C@@H](CCOC)C(=O)OC)Oc1ccccc1Cl. The number of methoxy groups -OCH3 is 2. The number of carbonyl (C=O) groups excluding carboxylic acids is 1. The van der Waals surface area contributed by atoms with Crippen LogP contribution in [0.2, 0.25) is 5.02 Å². The standard InChI is InChI=1S/C16H22ClNO4/c1-4-12(22-15-8-6-5-7-13(15)17)11-18-14(9-10-20-2)16(19)21-3/h4-8,14,18H,9-11H2,1-3H3/t14-/m0/s1. The van der Waals surface area contributed by atoms with Crippen LogP contribution in [0, 0.1) is 0 Å². The minimum absolute atomic E-state index is 0.328. The Balaban J connectivity index is 2.61. The van der Waals surface area contributed by atoms with Gasteiger partial charge in [0.05, 0.1) is 18.7 Å². The van der Waals surface area contributed by atoms with Crippen molar-refractivity contribution < 1.29 is 19.0 Å². The number of benzene rings is 1. The van der Waals surface area contributed by atoms with Gasteiger partial charge in [0, 0.05) is 13.7 Å². The van der Waals surface area contributed by atoms with E-state index >= 15 is 0 Å². The summed E-state index contributed by atoms with van der Waals surface area (Å²) < 4.78 is 15.5. The molecule has 1 atom stereocenters. The van der Waals surface area contributed by atoms with Crippen molar-refractivity contribution in [2.75, 3.05) is 27.4 Å². The molecular weight excluding hydrogens is 306 g/mol. The van der Waals surface area contributed by atoms with Crippen molar-refractivity contribution in [1.82, 2.24) is 5.32 Å². The van der Waals surface area contributed by atoms with Gasteiger partial charge < -0.3 is 14.2 Å². The molecule has 0 fully saturated rings. The Morgan fingerprint density at radius 3 is 2.68 bits per heavy atom. The van der Waals surface area contributed by atoms with E-state index in [0.29, 0.717) is 36.1 Å². The maximum absolute atomic E-state index is 11.7. The molecule has 0 radical (unpaired) electrons. The third kappa shape index (κ3) is 6.05. The molecule has 122 valence electrons. The first kappa shape index (κ1) is 18.5. The minimum atomic E-state index is -0.449. The van der Waals surface area contributed by atoms with E-state index in [1.807, 2.05) is 25.1 Å². The lowest BCUT2D eigenvalue weighted by Gasteiger charge is -2.18. The van der Waals surface area contributed by atoms with Crippen LogP contribution in [-0.4, -0.2) is 39.4 Å². The van der Waals surface area contributed by atoms with Crippen LogP contribution in [0.1, 0.15) is 13.3 Å². The van der Waals surface area contributed by atoms with Crippen LogP contribution in [0.25, 0.3) is 0 Å². The van der Waals surface area contributed by atoms with Crippen molar-refractivity contribution >= 4 is 17.6 Å². The average Bonchev–Trinajstić information content (AvgIpc) is 2.54. The van der Waals surface area contributed by atoms with Crippen molar-refractivity contribution in [1.29, 1.82) is 0 Å². The largest absolute Gasteiger partial charge is 0.468 e. The van der Waals surface area contributed by atoms with E-state index in [1.165, 1.54) is 7.11 Å². The van der Waals surface area contributed by atoms with Crippen LogP contribution < -0.4 is 10.1 Å². The van der Waals surface area contributed by atoms with Gasteiger partial charge >= 0.3 is 5.97 Å². The molecule has 0 aliphatic rings. The van der Waals surface area contributed by atoms with Gasteiger partial charge in [0.2, 0.25) is 0 Å². The number of nitrogens with one attached hydrogen (secondary N) is 1. The molecule has 1 N–H and O–H groups in total. The molecule has 1 aromatic carbocycles. The fourth-order valence-electron chi connectivity index (χ4n) is 1.77. The molecule has 1 aromatic rings. The van der Waals surface area contributed by atoms with E-state index in [9.17, 15) is 4.79 Å². The fourth-order valence-corrected chi connectivity index (χ4v) is 1.95. The van der Waals surface area contributed by atoms with Gasteiger partial charge in [0.1, 0.15) is 17.6 Å². The van der Waals surface area contributed by atoms with Gasteiger partial charge in [-0.15, -0.1) is 0 Å². The smallest absolute Gasteiger partial charge is 0.322 e. The molecule has 0 aromatic heterocycles. The molecule has 0 spiro atoms. The van der Waals surface area contributed by atoms with Crippen molar-refractivity contribution in [2.45, 2.75) is 19.4 Å². The first-order valence-electron chi connectivity index (χ1n) is 7.00. The Morgan fingerprint density at radius 2 is 2.09 bits per heavy atom. The molecular formula is C16H22ClNO4. The van der Waals surface area contributed by atoms with E-state index in [4.69, 9.17) is 25.8 Å². The molecule has 0 aliphatic carbocycles. The molecule has 6 heteroatoms. The molecule has 0 unspecified atom stereocenters. The number of carbonyl (C=O) groups is 1. The Kier molecular flexibility index (Phi) is 8.58. The Hall–Kier alpha value is -1.56. The summed E-state index contributed by atoms with van der Waals surface area (Å²) in [5.74, 6) is 0.912. The van der Waals surface area contributed by atoms with Gasteiger partial charge in [-0.2, -0.15) is 0 Å². The zero-order valence-corrected chi connectivity index (χ0v) is 13.9. The van der Waals surface area contributed by atoms with Gasteiger partial charge in [0.15, 0.2) is 0 Å². The average molecular weight is 328 g/mol. The lowest BCUT2D eigenvalue weighted by molar-refractivity contribution is -0.143. The van der Waals surface area contributed by atoms with Gasteiger partial charge in [-0.05, 0) is 31.6 Å². The maximum Gasteiger partial charge on any atom is 0.322 e. The van der Waals surface area contributed by atoms with Crippen LogP contribution in [0.3, 0.4) is 0 Å². The second-order valence-electron chi connectivity index (χ2n) is 4.53. The highest BCUT2D eigenvalue weighted by Gasteiger charge is 2.19. The summed E-state index contributed by atoms with van der Waals surface area (Å²) in [6.07, 6.45) is 2.34. The molecule has 1 rings (SSSR count). The minimum Gasteiger partial charge on any atom is -0.468 e. The Labute approximate surface area is 136 Å². The van der Waals surface area contributed by atoms with Crippen LogP contribution in [-0.2, 0) is 14.3 Å². The quantitative estimate of drug-likeness (QED) is 0.558. The van der Waals surface area contributed by atoms with Gasteiger partial charge in [-0.3, -0.25) is 10.1 Å². The maximum atomic E-state index is 11.7. The van der Waals surface area contributed by atoms with E-state index in [2.05, 4.69) is 5.32 Å². The Morgan fingerprint density at radius 1 is 1.36 bits per heavy atom. The van der Waals surface area contributed by atoms with Gasteiger partial charge in [-0.1, -0.05) is 23.7 Å². The Bertz CT molecular complexity index is 505. The number of ether oxygens (including phenoxy) is 3. The van der Waals surface area contributed by atoms with Gasteiger partial charge in [0.25, 0.3) is 0 Å². The summed E-state index contributed by atoms with van der Waals surface area (Å²) in [6, 6.07) is 6.77. The monoisotopic (exact) mass is 327 g/mol. The second kappa shape index (κ2) is 10.2. The number of esters is 1. The number of allylic oxidation sites excluding steroid dienone is 1. The van der Waals surface area contributed by atoms with E-state index < -0.39 is 6.04 Å². The number of hydrogen-bond donors (Lipinski definition) is 1. The zero-order chi connectivity index (χ0) is 16.4. The van der Waals surface area contributed by atoms with Crippen molar-refractivity contribution in [2.24, 2.45) is 0 Å². The molecule has 0 saturated heterocycles. The highest BCUT2D eigenvalue weighted by Crippen LogP contribution is 2.24. The number of para-hydroxylation sites is 1. The number of halogens is 1. The van der Waals surface area contributed by atoms with Crippen molar-refractivity contribution in [3.05, 3.63) is 41.1 Å². The van der Waals surface area contributed by atoms with Crippen LogP contribution in [0.5, 0.6) is 5.75 Å². The molecule has 0 bridgehead atoms. The molecule has 0 saturated carbocycles. The summed E-state index contributed by atoms with van der Waals surface area (Å²) in [4.78, 5) is 11.7. The van der Waals surface area contributed by atoms with Crippen LogP contribution >= 0.6 is 11.6 Å². The van der Waals surface area contributed by atoms with Crippen molar-refractivity contribution in [3.8, 4) is 5.75 Å². The first-order chi connectivity index (χ1) is 10.6. The number of hydrogen-bond acceptors (Lipinski definition) is 5. The first-order valence-corrected chi connectivity index (χ1v) is 7.37. The summed E-state index contributed by atoms with van der Waals surface area (Å²) in [5, 5.41) is 3.64. The van der Waals surface area contributed by atoms with Gasteiger partial charge in [-0.25, -0.2) is 0 Å². The molecule has 5 nitrogen and oxygen atoms in total. The summed E-state index contributed by atoms with van der Waals surface area (Å²) in [5.41, 5.74) is 0. The normalized spacial score (nSPS) is 12.8. The van der Waals surface area contributed by atoms with Crippen LogP contribution in [0.4, 0.5) is 0 Å². The lowest BCUT2D eigenvalue weighted by Crippen LogP contribution is -2.40. The second-order valence-corrected chi connectivity index (χ2v) is 4.93. The van der Waals surface area contributed by atoms with E-state index in [0.717, 1.165) is 0 Å². The molecule has 22 heavy (non-hydrogen) atoms. The molecule has 0 aliphatic heterocycles. The highest BCUT2D eigenvalue weighted by atomic mass is 35.5. The summed E-state index contributed by atoms with van der Waals surface area (Å²) in [6.45, 7) is 2.70. The van der Waals surface area contributed by atoms with E-state index in [1.54, 1.807) is 19.2 Å². The number of rotatable bonds is 9. The summed E-state index contributed by atoms with van der Waals surface area (Å²) >= 11 is 6.07. The molecule has 0 amide bonds.